The molecule has 1 unspecified atom stereocenters. The fraction of sp³-hybridized carbons (Fsp3) is 1.00. The first-order valence-electron chi connectivity index (χ1n) is 3.71. The van der Waals surface area contributed by atoms with E-state index in [4.69, 9.17) is 0 Å². The Morgan fingerprint density at radius 3 is 1.55 bits per heavy atom. The SMILES string of the molecule is CC(C)C(C)S(=O)(=O)N(C)C. The second kappa shape index (κ2) is 3.54. The fourth-order valence-electron chi connectivity index (χ4n) is 0.676. The van der Waals surface area contributed by atoms with Crippen molar-refractivity contribution in [2.75, 3.05) is 14.1 Å². The van der Waals surface area contributed by atoms with Crippen LogP contribution in [0.25, 0.3) is 0 Å². The molecule has 0 aliphatic heterocycles. The Kier molecular flexibility index (Phi) is 3.51. The van der Waals surface area contributed by atoms with Gasteiger partial charge in [0.15, 0.2) is 0 Å². The van der Waals surface area contributed by atoms with Gasteiger partial charge in [0.25, 0.3) is 0 Å². The van der Waals surface area contributed by atoms with E-state index in [0.29, 0.717) is 0 Å². The standard InChI is InChI=1S/C7H17NO2S/c1-6(2)7(3)11(9,10)8(4)5/h6-7H,1-5H3. The lowest BCUT2D eigenvalue weighted by molar-refractivity contribution is 0.483. The summed E-state index contributed by atoms with van der Waals surface area (Å²) in [6.45, 7) is 5.55. The van der Waals surface area contributed by atoms with Crippen molar-refractivity contribution < 1.29 is 8.42 Å². The van der Waals surface area contributed by atoms with Crippen LogP contribution in [0, 0.1) is 5.92 Å². The summed E-state index contributed by atoms with van der Waals surface area (Å²) in [7, 11) is 0.0846. The van der Waals surface area contributed by atoms with E-state index in [0.717, 1.165) is 0 Å². The molecule has 1 atom stereocenters. The van der Waals surface area contributed by atoms with Crippen LogP contribution in [0.1, 0.15) is 20.8 Å². The van der Waals surface area contributed by atoms with Crippen LogP contribution in [0.4, 0.5) is 0 Å². The monoisotopic (exact) mass is 179 g/mol. The van der Waals surface area contributed by atoms with Crippen LogP contribution in [-0.2, 0) is 10.0 Å². The maximum Gasteiger partial charge on any atom is 0.216 e. The highest BCUT2D eigenvalue weighted by Gasteiger charge is 2.25. The van der Waals surface area contributed by atoms with Crippen molar-refractivity contribution in [3.63, 3.8) is 0 Å². The molecule has 68 valence electrons. The summed E-state index contributed by atoms with van der Waals surface area (Å²) in [5.41, 5.74) is 0. The molecule has 0 fully saturated rings. The molecular weight excluding hydrogens is 162 g/mol. The normalized spacial score (nSPS) is 15.9. The van der Waals surface area contributed by atoms with Gasteiger partial charge in [-0.05, 0) is 12.8 Å². The van der Waals surface area contributed by atoms with Gasteiger partial charge in [0.2, 0.25) is 10.0 Å². The Balaban J connectivity index is 4.58. The molecule has 0 aromatic rings. The van der Waals surface area contributed by atoms with Gasteiger partial charge in [-0.3, -0.25) is 0 Å². The Morgan fingerprint density at radius 1 is 1.09 bits per heavy atom. The maximum absolute atomic E-state index is 11.4. The summed E-state index contributed by atoms with van der Waals surface area (Å²) in [6.07, 6.45) is 0. The number of hydrogen-bond acceptors (Lipinski definition) is 2. The van der Waals surface area contributed by atoms with Crippen molar-refractivity contribution >= 4 is 10.0 Å². The van der Waals surface area contributed by atoms with Gasteiger partial charge in [-0.2, -0.15) is 0 Å². The molecule has 0 amide bonds. The van der Waals surface area contributed by atoms with Crippen molar-refractivity contribution in [1.29, 1.82) is 0 Å². The minimum Gasteiger partial charge on any atom is -0.212 e. The van der Waals surface area contributed by atoms with Crippen LogP contribution >= 0.6 is 0 Å². The van der Waals surface area contributed by atoms with E-state index in [1.807, 2.05) is 13.8 Å². The van der Waals surface area contributed by atoms with Crippen LogP contribution in [-0.4, -0.2) is 32.1 Å². The summed E-state index contributed by atoms with van der Waals surface area (Å²) in [4.78, 5) is 0. The Hall–Kier alpha value is -0.0900. The molecule has 0 radical (unpaired) electrons. The van der Waals surface area contributed by atoms with E-state index >= 15 is 0 Å². The molecule has 11 heavy (non-hydrogen) atoms. The van der Waals surface area contributed by atoms with Crippen LogP contribution in [0.3, 0.4) is 0 Å². The number of sulfonamides is 1. The summed E-state index contributed by atoms with van der Waals surface area (Å²) >= 11 is 0. The van der Waals surface area contributed by atoms with Crippen molar-refractivity contribution in [2.24, 2.45) is 5.92 Å². The number of nitrogens with zero attached hydrogens (tertiary/aromatic N) is 1. The quantitative estimate of drug-likeness (QED) is 0.646. The number of rotatable bonds is 3. The van der Waals surface area contributed by atoms with Gasteiger partial charge in [-0.25, -0.2) is 12.7 Å². The highest BCUT2D eigenvalue weighted by Crippen LogP contribution is 2.13. The van der Waals surface area contributed by atoms with Gasteiger partial charge < -0.3 is 0 Å². The smallest absolute Gasteiger partial charge is 0.212 e. The first-order chi connectivity index (χ1) is 4.80. The summed E-state index contributed by atoms with van der Waals surface area (Å²) < 4.78 is 24.1. The van der Waals surface area contributed by atoms with Crippen LogP contribution < -0.4 is 0 Å². The summed E-state index contributed by atoms with van der Waals surface area (Å²) in [5.74, 6) is 0.169. The zero-order valence-electron chi connectivity index (χ0n) is 7.83. The Bertz CT molecular complexity index is 206. The summed E-state index contributed by atoms with van der Waals surface area (Å²) in [5, 5.41) is -0.294. The molecule has 0 heterocycles. The summed E-state index contributed by atoms with van der Waals surface area (Å²) in [6, 6.07) is 0. The predicted molar refractivity (Wildman–Crippen MR) is 46.9 cm³/mol. The minimum atomic E-state index is -3.04. The predicted octanol–water partition coefficient (Wildman–Crippen LogP) is 0.922. The van der Waals surface area contributed by atoms with Crippen LogP contribution in [0.2, 0.25) is 0 Å². The molecule has 0 bridgehead atoms. The zero-order valence-corrected chi connectivity index (χ0v) is 8.64. The Labute approximate surface area is 69.4 Å². The van der Waals surface area contributed by atoms with Crippen molar-refractivity contribution in [3.8, 4) is 0 Å². The van der Waals surface area contributed by atoms with Crippen molar-refractivity contribution in [3.05, 3.63) is 0 Å². The highest BCUT2D eigenvalue weighted by molar-refractivity contribution is 7.89. The zero-order chi connectivity index (χ0) is 9.23. The van der Waals surface area contributed by atoms with Gasteiger partial charge in [-0.15, -0.1) is 0 Å². The molecule has 3 nitrogen and oxygen atoms in total. The fourth-order valence-corrected chi connectivity index (χ4v) is 2.03. The van der Waals surface area contributed by atoms with Crippen LogP contribution in [0.15, 0.2) is 0 Å². The average molecular weight is 179 g/mol. The van der Waals surface area contributed by atoms with E-state index in [1.165, 1.54) is 4.31 Å². The van der Waals surface area contributed by atoms with Gasteiger partial charge in [0, 0.05) is 14.1 Å². The molecule has 4 heteroatoms. The second-order valence-electron chi connectivity index (χ2n) is 3.28. The average Bonchev–Trinajstić information content (AvgIpc) is 1.85. The number of hydrogen-bond donors (Lipinski definition) is 0. The van der Waals surface area contributed by atoms with Crippen LogP contribution in [0.5, 0.6) is 0 Å². The van der Waals surface area contributed by atoms with Gasteiger partial charge in [0.1, 0.15) is 0 Å². The third-order valence-corrected chi connectivity index (χ3v) is 4.42. The lowest BCUT2D eigenvalue weighted by Gasteiger charge is -2.20. The molecular formula is C7H17NO2S. The lowest BCUT2D eigenvalue weighted by atomic mass is 10.2. The highest BCUT2D eigenvalue weighted by atomic mass is 32.2. The molecule has 0 aliphatic rings. The molecule has 0 aromatic carbocycles. The van der Waals surface area contributed by atoms with Gasteiger partial charge in [-0.1, -0.05) is 13.8 Å². The second-order valence-corrected chi connectivity index (χ2v) is 5.78. The van der Waals surface area contributed by atoms with Gasteiger partial charge in [0.05, 0.1) is 5.25 Å². The van der Waals surface area contributed by atoms with E-state index in [9.17, 15) is 8.42 Å². The molecule has 0 N–H and O–H groups in total. The third kappa shape index (κ3) is 2.45. The van der Waals surface area contributed by atoms with E-state index in [2.05, 4.69) is 0 Å². The van der Waals surface area contributed by atoms with Gasteiger partial charge >= 0.3 is 0 Å². The maximum atomic E-state index is 11.4. The topological polar surface area (TPSA) is 37.4 Å². The van der Waals surface area contributed by atoms with E-state index in [1.54, 1.807) is 21.0 Å². The molecule has 0 rings (SSSR count). The molecule has 0 aliphatic carbocycles. The minimum absolute atomic E-state index is 0.169. The lowest BCUT2D eigenvalue weighted by Crippen LogP contribution is -2.34. The van der Waals surface area contributed by atoms with E-state index < -0.39 is 10.0 Å². The molecule has 0 saturated heterocycles. The molecule has 0 spiro atoms. The van der Waals surface area contributed by atoms with Crippen molar-refractivity contribution in [2.45, 2.75) is 26.0 Å². The first kappa shape index (κ1) is 10.9. The largest absolute Gasteiger partial charge is 0.216 e. The first-order valence-corrected chi connectivity index (χ1v) is 5.21. The third-order valence-electron chi connectivity index (χ3n) is 1.92. The van der Waals surface area contributed by atoms with Crippen molar-refractivity contribution in [1.82, 2.24) is 4.31 Å². The molecule has 0 aromatic heterocycles. The molecule has 0 saturated carbocycles. The Morgan fingerprint density at radius 2 is 1.45 bits per heavy atom. The van der Waals surface area contributed by atoms with E-state index in [-0.39, 0.29) is 11.2 Å².